The average molecular weight is 785 g/mol. The minimum atomic E-state index is -2.63. The Labute approximate surface area is 327 Å². The number of alkyl halides is 1. The van der Waals surface area contributed by atoms with Crippen LogP contribution in [0.3, 0.4) is 0 Å². The van der Waals surface area contributed by atoms with Gasteiger partial charge in [-0.1, -0.05) is 39.0 Å². The third-order valence-electron chi connectivity index (χ3n) is 11.7. The molecule has 3 aliphatic rings. The second-order valence-corrected chi connectivity index (χ2v) is 16.4. The summed E-state index contributed by atoms with van der Waals surface area (Å²) < 4.78 is 48.3. The molecule has 0 spiro atoms. The average Bonchev–Trinajstić information content (AvgIpc) is 3.47. The van der Waals surface area contributed by atoms with Crippen LogP contribution in [-0.2, 0) is 38.1 Å². The molecule has 4 heterocycles. The van der Waals surface area contributed by atoms with Gasteiger partial charge in [-0.15, -0.1) is 0 Å². The van der Waals surface area contributed by atoms with E-state index in [2.05, 4.69) is 15.3 Å². The molecule has 0 radical (unpaired) electrons. The van der Waals surface area contributed by atoms with Gasteiger partial charge in [0.25, 0.3) is 0 Å². The number of hydrogen-bond donors (Lipinski definition) is 2. The summed E-state index contributed by atoms with van der Waals surface area (Å²) in [5.41, 5.74) is -3.78. The minimum absolute atomic E-state index is 0.124. The van der Waals surface area contributed by atoms with Gasteiger partial charge in [0.1, 0.15) is 18.1 Å². The lowest BCUT2D eigenvalue weighted by Crippen LogP contribution is -2.62. The van der Waals surface area contributed by atoms with Crippen LogP contribution in [0.25, 0.3) is 17.1 Å². The molecular weight excluding hydrogens is 727 g/mol. The Bertz CT molecular complexity index is 1810. The number of rotatable bonds is 8. The molecule has 56 heavy (non-hydrogen) atoms. The number of amides is 1. The topological polar surface area (TPSA) is 176 Å². The van der Waals surface area contributed by atoms with E-state index in [0.29, 0.717) is 11.9 Å². The maximum Gasteiger partial charge on any atom is 0.408 e. The van der Waals surface area contributed by atoms with Crippen molar-refractivity contribution in [2.45, 2.75) is 134 Å². The number of nitrogens with one attached hydrogen (secondary N) is 1. The van der Waals surface area contributed by atoms with Gasteiger partial charge in [-0.3, -0.25) is 24.4 Å². The first-order valence-electron chi connectivity index (χ1n) is 19.4. The third kappa shape index (κ3) is 8.81. The highest BCUT2D eigenvalue weighted by atomic mass is 19.1. The molecule has 5 rings (SSSR count). The largest absolute Gasteiger partial charge is 0.458 e. The van der Waals surface area contributed by atoms with Gasteiger partial charge < -0.3 is 39.0 Å². The molecule has 14 nitrogen and oxygen atoms in total. The van der Waals surface area contributed by atoms with Crippen molar-refractivity contribution in [2.75, 3.05) is 20.7 Å². The van der Waals surface area contributed by atoms with Crippen LogP contribution in [0.5, 0.6) is 0 Å². The van der Waals surface area contributed by atoms with E-state index in [9.17, 15) is 24.3 Å². The molecule has 1 amide bonds. The van der Waals surface area contributed by atoms with Crippen molar-refractivity contribution in [3.63, 3.8) is 0 Å². The van der Waals surface area contributed by atoms with Crippen molar-refractivity contribution in [1.29, 1.82) is 0 Å². The van der Waals surface area contributed by atoms with E-state index < -0.39 is 95.3 Å². The van der Waals surface area contributed by atoms with E-state index in [1.54, 1.807) is 38.4 Å². The number of ketones is 2. The lowest BCUT2D eigenvalue weighted by atomic mass is 9.72. The van der Waals surface area contributed by atoms with Crippen LogP contribution in [0.4, 0.5) is 9.18 Å². The fourth-order valence-corrected chi connectivity index (χ4v) is 8.66. The molecule has 0 bridgehead atoms. The molecule has 308 valence electrons. The predicted octanol–water partition coefficient (Wildman–Crippen LogP) is 4.60. The molecule has 15 heteroatoms. The molecule has 0 aliphatic carbocycles. The second kappa shape index (κ2) is 16.9. The molecular formula is C41H57FN4O10. The van der Waals surface area contributed by atoms with Gasteiger partial charge in [0.15, 0.2) is 29.1 Å². The number of ether oxygens (including phenoxy) is 5. The number of Topliss-reactive ketones (excluding diaryl/α,β-unsaturated/α-hetero) is 2. The number of esters is 1. The van der Waals surface area contributed by atoms with Gasteiger partial charge >= 0.3 is 12.1 Å². The Morgan fingerprint density at radius 3 is 2.38 bits per heavy atom. The van der Waals surface area contributed by atoms with Crippen molar-refractivity contribution in [1.82, 2.24) is 20.2 Å². The first-order chi connectivity index (χ1) is 26.2. The van der Waals surface area contributed by atoms with E-state index >= 15 is 4.39 Å². The summed E-state index contributed by atoms with van der Waals surface area (Å²) in [4.78, 5) is 65.8. The lowest BCUT2D eigenvalue weighted by Gasteiger charge is -2.48. The Kier molecular flexibility index (Phi) is 13.1. The van der Waals surface area contributed by atoms with Gasteiger partial charge in [0.2, 0.25) is 0 Å². The zero-order valence-electron chi connectivity index (χ0n) is 34.0. The second-order valence-electron chi connectivity index (χ2n) is 16.4. The van der Waals surface area contributed by atoms with Crippen molar-refractivity contribution >= 4 is 40.7 Å². The number of alkyl carbamates (subject to hydrolysis) is 1. The normalized spacial score (nSPS) is 38.9. The monoisotopic (exact) mass is 784 g/mol. The minimum Gasteiger partial charge on any atom is -0.458 e. The standard InChI is InChI=1S/C41H57FN4O10/c1-11-30-41(8)33(45-38(51)56-41)25(5)34(49)39(6,42)21-40(7,52-18-12-13-26-14-15-27-28(20-26)44-17-16-43-27)35(23(3)31(47)24(4)36(50)54-30)55-37-32(48)29(46(9)10)19-22(2)53-37/h12-17,20,22-25,29-30,32-33,35,37,48H,11,18-19,21H2,1-10H3,(H,45,51)/b13-12+/t22-,23+,24-,25-,29+,30-,32-,33+,35-,37+,39+,40-,41-/m1/s1. The molecule has 3 saturated heterocycles. The Morgan fingerprint density at radius 1 is 1.04 bits per heavy atom. The highest BCUT2D eigenvalue weighted by Gasteiger charge is 2.59. The molecule has 2 N–H and O–H groups in total. The summed E-state index contributed by atoms with van der Waals surface area (Å²) >= 11 is 0. The maximum absolute atomic E-state index is 17.5. The molecule has 13 atom stereocenters. The van der Waals surface area contributed by atoms with Crippen LogP contribution in [-0.4, -0.2) is 124 Å². The summed E-state index contributed by atoms with van der Waals surface area (Å²) in [7, 11) is 3.64. The van der Waals surface area contributed by atoms with Gasteiger partial charge in [-0.05, 0) is 79.3 Å². The summed E-state index contributed by atoms with van der Waals surface area (Å²) in [6.07, 6.45) is 0.584. The van der Waals surface area contributed by atoms with Crippen LogP contribution in [0.1, 0.15) is 80.2 Å². The number of hydrogen-bond acceptors (Lipinski definition) is 13. The molecule has 3 fully saturated rings. The summed E-state index contributed by atoms with van der Waals surface area (Å²) in [5, 5.41) is 14.2. The summed E-state index contributed by atoms with van der Waals surface area (Å²) in [5.74, 6) is -6.05. The number of aromatic nitrogens is 2. The highest BCUT2D eigenvalue weighted by Crippen LogP contribution is 2.42. The summed E-state index contributed by atoms with van der Waals surface area (Å²) in [6.45, 7) is 12.1. The fourth-order valence-electron chi connectivity index (χ4n) is 8.66. The van der Waals surface area contributed by atoms with E-state index in [-0.39, 0.29) is 25.2 Å². The summed E-state index contributed by atoms with van der Waals surface area (Å²) in [6, 6.07) is 4.06. The number of carbonyl (C=O) groups is 4. The number of halogens is 1. The zero-order valence-corrected chi connectivity index (χ0v) is 34.0. The Balaban J connectivity index is 1.59. The van der Waals surface area contributed by atoms with E-state index in [1.807, 2.05) is 44.1 Å². The van der Waals surface area contributed by atoms with E-state index in [0.717, 1.165) is 18.0 Å². The van der Waals surface area contributed by atoms with Gasteiger partial charge in [-0.25, -0.2) is 9.18 Å². The first kappa shape index (κ1) is 43.2. The van der Waals surface area contributed by atoms with Crippen molar-refractivity contribution in [3.8, 4) is 0 Å². The quantitative estimate of drug-likeness (QED) is 0.281. The first-order valence-corrected chi connectivity index (χ1v) is 19.4. The molecule has 3 aliphatic heterocycles. The number of aliphatic hydroxyl groups excluding tert-OH is 1. The number of fused-ring (bicyclic) bond motifs is 2. The highest BCUT2D eigenvalue weighted by molar-refractivity contribution is 6.00. The number of carbonyl (C=O) groups excluding carboxylic acids is 4. The van der Waals surface area contributed by atoms with Crippen LogP contribution < -0.4 is 5.32 Å². The van der Waals surface area contributed by atoms with Crippen LogP contribution in [0.15, 0.2) is 36.7 Å². The molecule has 1 aromatic carbocycles. The van der Waals surface area contributed by atoms with Gasteiger partial charge in [-0.2, -0.15) is 0 Å². The molecule has 0 unspecified atom stereocenters. The Morgan fingerprint density at radius 2 is 1.71 bits per heavy atom. The number of nitrogens with zero attached hydrogens (tertiary/aromatic N) is 3. The molecule has 0 saturated carbocycles. The van der Waals surface area contributed by atoms with Gasteiger partial charge in [0.05, 0.1) is 41.5 Å². The van der Waals surface area contributed by atoms with E-state index in [4.69, 9.17) is 23.7 Å². The number of likely N-dealkylation sites (N-methyl/N-ethyl adjacent to an activating group) is 1. The molecule has 1 aromatic heterocycles. The van der Waals surface area contributed by atoms with E-state index in [1.165, 1.54) is 27.7 Å². The predicted molar refractivity (Wildman–Crippen MR) is 204 cm³/mol. The number of benzene rings is 1. The van der Waals surface area contributed by atoms with Crippen LogP contribution >= 0.6 is 0 Å². The van der Waals surface area contributed by atoms with Crippen LogP contribution in [0, 0.1) is 17.8 Å². The lowest BCUT2D eigenvalue weighted by molar-refractivity contribution is -0.297. The maximum atomic E-state index is 17.5. The number of aliphatic hydroxyl groups is 1. The number of cyclic esters (lactones) is 1. The van der Waals surface area contributed by atoms with Crippen molar-refractivity contribution < 1.29 is 52.4 Å². The fraction of sp³-hybridized carbons (Fsp3) is 0.659. The SMILES string of the molecule is CC[C@H]1OC(=O)[C@H](C)C(=O)[C@H](C)[C@@H](O[C@@H]2O[C@H](C)C[C@H](N(C)C)[C@H]2O)[C@](C)(OC/C=C/c2ccc3nccnc3c2)C[C@](C)(F)C(=O)[C@H](C)[C@@H]2NC(=O)O[C@]12C. The van der Waals surface area contributed by atoms with Crippen molar-refractivity contribution in [3.05, 3.63) is 42.2 Å². The van der Waals surface area contributed by atoms with Crippen LogP contribution in [0.2, 0.25) is 0 Å². The van der Waals surface area contributed by atoms with Crippen molar-refractivity contribution in [2.24, 2.45) is 17.8 Å². The smallest absolute Gasteiger partial charge is 0.408 e. The third-order valence-corrected chi connectivity index (χ3v) is 11.7. The molecule has 2 aromatic rings. The van der Waals surface area contributed by atoms with Gasteiger partial charge in [0, 0.05) is 36.7 Å². The zero-order chi connectivity index (χ0) is 41.3. The Hall–Kier alpha value is -3.89.